The number of nitrogens with one attached hydrogen (secondary N) is 1. The average molecular weight is 203 g/mol. The van der Waals surface area contributed by atoms with Crippen LogP contribution < -0.4 is 5.32 Å². The summed E-state index contributed by atoms with van der Waals surface area (Å²) in [6.45, 7) is 3.05. The first-order valence-corrected chi connectivity index (χ1v) is 5.57. The van der Waals surface area contributed by atoms with E-state index in [1.165, 1.54) is 5.56 Å². The molecular weight excluding hydrogens is 186 g/mol. The summed E-state index contributed by atoms with van der Waals surface area (Å²) in [5.74, 6) is 0.330. The van der Waals surface area contributed by atoms with E-state index in [1.807, 2.05) is 12.1 Å². The van der Waals surface area contributed by atoms with Crippen molar-refractivity contribution in [2.75, 3.05) is 6.54 Å². The maximum atomic E-state index is 11.8. The van der Waals surface area contributed by atoms with Crippen LogP contribution in [0.4, 0.5) is 0 Å². The van der Waals surface area contributed by atoms with Gasteiger partial charge in [0, 0.05) is 6.42 Å². The molecule has 1 saturated heterocycles. The van der Waals surface area contributed by atoms with Gasteiger partial charge in [-0.25, -0.2) is 0 Å². The highest BCUT2D eigenvalue weighted by molar-refractivity contribution is 5.86. The molecule has 0 saturated carbocycles. The van der Waals surface area contributed by atoms with Crippen molar-refractivity contribution in [3.8, 4) is 0 Å². The van der Waals surface area contributed by atoms with Gasteiger partial charge in [-0.2, -0.15) is 0 Å². The third-order valence-electron chi connectivity index (χ3n) is 2.95. The molecule has 2 heteroatoms. The molecule has 0 aromatic heterocycles. The zero-order valence-electron chi connectivity index (χ0n) is 9.12. The Labute approximate surface area is 90.7 Å². The molecule has 1 atom stereocenters. The van der Waals surface area contributed by atoms with Crippen molar-refractivity contribution in [1.29, 1.82) is 0 Å². The van der Waals surface area contributed by atoms with Gasteiger partial charge >= 0.3 is 0 Å². The van der Waals surface area contributed by atoms with Crippen LogP contribution in [0.3, 0.4) is 0 Å². The van der Waals surface area contributed by atoms with E-state index in [-0.39, 0.29) is 6.04 Å². The van der Waals surface area contributed by atoms with E-state index in [9.17, 15) is 4.79 Å². The van der Waals surface area contributed by atoms with Crippen LogP contribution in [0.1, 0.15) is 24.0 Å². The first kappa shape index (κ1) is 10.4. The molecule has 15 heavy (non-hydrogen) atoms. The van der Waals surface area contributed by atoms with Gasteiger partial charge in [0.15, 0.2) is 5.78 Å². The van der Waals surface area contributed by atoms with E-state index in [4.69, 9.17) is 0 Å². The van der Waals surface area contributed by atoms with Crippen molar-refractivity contribution >= 4 is 5.78 Å². The smallest absolute Gasteiger partial charge is 0.154 e. The summed E-state index contributed by atoms with van der Waals surface area (Å²) in [5.41, 5.74) is 2.37. The first-order valence-electron chi connectivity index (χ1n) is 5.57. The number of Topliss-reactive ketones (excluding diaryl/α,β-unsaturated/α-hetero) is 1. The summed E-state index contributed by atoms with van der Waals surface area (Å²) in [5, 5.41) is 3.24. The quantitative estimate of drug-likeness (QED) is 0.812. The Morgan fingerprint density at radius 3 is 2.73 bits per heavy atom. The SMILES string of the molecule is Cc1ccc(CC(=O)C2CCCN2)cc1. The first-order chi connectivity index (χ1) is 7.25. The van der Waals surface area contributed by atoms with E-state index in [1.54, 1.807) is 0 Å². The second-order valence-corrected chi connectivity index (χ2v) is 4.28. The lowest BCUT2D eigenvalue weighted by Gasteiger charge is -2.08. The normalized spacial score (nSPS) is 20.5. The van der Waals surface area contributed by atoms with Gasteiger partial charge in [0.25, 0.3) is 0 Å². The molecule has 0 bridgehead atoms. The van der Waals surface area contributed by atoms with Crippen LogP contribution in [-0.2, 0) is 11.2 Å². The van der Waals surface area contributed by atoms with Crippen LogP contribution in [0.5, 0.6) is 0 Å². The highest BCUT2D eigenvalue weighted by Crippen LogP contribution is 2.10. The van der Waals surface area contributed by atoms with Crippen LogP contribution >= 0.6 is 0 Å². The molecule has 0 radical (unpaired) electrons. The molecular formula is C13H17NO. The van der Waals surface area contributed by atoms with Crippen molar-refractivity contribution in [3.63, 3.8) is 0 Å². The highest BCUT2D eigenvalue weighted by Gasteiger charge is 2.21. The number of benzene rings is 1. The van der Waals surface area contributed by atoms with Gasteiger partial charge in [-0.15, -0.1) is 0 Å². The molecule has 2 nitrogen and oxygen atoms in total. The Morgan fingerprint density at radius 1 is 1.40 bits per heavy atom. The van der Waals surface area contributed by atoms with Gasteiger partial charge < -0.3 is 5.32 Å². The van der Waals surface area contributed by atoms with Gasteiger partial charge in [-0.3, -0.25) is 4.79 Å². The standard InChI is InChI=1S/C13H17NO/c1-10-4-6-11(7-5-10)9-13(15)12-3-2-8-14-12/h4-7,12,14H,2-3,8-9H2,1H3. The molecule has 0 amide bonds. The van der Waals surface area contributed by atoms with E-state index in [0.29, 0.717) is 12.2 Å². The molecule has 2 rings (SSSR count). The molecule has 1 heterocycles. The van der Waals surface area contributed by atoms with E-state index >= 15 is 0 Å². The lowest BCUT2D eigenvalue weighted by Crippen LogP contribution is -2.31. The summed E-state index contributed by atoms with van der Waals surface area (Å²) in [6, 6.07) is 8.31. The fourth-order valence-electron chi connectivity index (χ4n) is 1.99. The van der Waals surface area contributed by atoms with Crippen LogP contribution in [0.2, 0.25) is 0 Å². The van der Waals surface area contributed by atoms with Gasteiger partial charge in [-0.05, 0) is 31.9 Å². The monoisotopic (exact) mass is 203 g/mol. The van der Waals surface area contributed by atoms with Crippen LogP contribution in [-0.4, -0.2) is 18.4 Å². The molecule has 0 aliphatic carbocycles. The molecule has 1 N–H and O–H groups in total. The lowest BCUT2D eigenvalue weighted by molar-refractivity contribution is -0.120. The summed E-state index contributed by atoms with van der Waals surface area (Å²) in [7, 11) is 0. The second-order valence-electron chi connectivity index (χ2n) is 4.28. The summed E-state index contributed by atoms with van der Waals surface area (Å²) in [6.07, 6.45) is 2.70. The van der Waals surface area contributed by atoms with Crippen LogP contribution in [0.15, 0.2) is 24.3 Å². The molecule has 80 valence electrons. The third kappa shape index (κ3) is 2.66. The predicted molar refractivity (Wildman–Crippen MR) is 60.9 cm³/mol. The zero-order chi connectivity index (χ0) is 10.7. The minimum Gasteiger partial charge on any atom is -0.307 e. The fraction of sp³-hybridized carbons (Fsp3) is 0.462. The summed E-state index contributed by atoms with van der Waals surface area (Å²) >= 11 is 0. The summed E-state index contributed by atoms with van der Waals surface area (Å²) in [4.78, 5) is 11.8. The van der Waals surface area contributed by atoms with Crippen molar-refractivity contribution in [1.82, 2.24) is 5.32 Å². The molecule has 0 spiro atoms. The molecule has 1 aromatic rings. The summed E-state index contributed by atoms with van der Waals surface area (Å²) < 4.78 is 0. The molecule has 1 unspecified atom stereocenters. The van der Waals surface area contributed by atoms with Crippen LogP contribution in [0.25, 0.3) is 0 Å². The largest absolute Gasteiger partial charge is 0.307 e. The number of hydrogen-bond acceptors (Lipinski definition) is 2. The topological polar surface area (TPSA) is 29.1 Å². The van der Waals surface area contributed by atoms with Crippen molar-refractivity contribution in [3.05, 3.63) is 35.4 Å². The number of aryl methyl sites for hydroxylation is 1. The molecule has 1 aromatic carbocycles. The van der Waals surface area contributed by atoms with E-state index in [2.05, 4.69) is 24.4 Å². The number of ketones is 1. The maximum absolute atomic E-state index is 11.8. The van der Waals surface area contributed by atoms with Gasteiger partial charge in [-0.1, -0.05) is 29.8 Å². The molecule has 1 aliphatic heterocycles. The molecule has 1 aliphatic rings. The Bertz CT molecular complexity index is 336. The highest BCUT2D eigenvalue weighted by atomic mass is 16.1. The Balaban J connectivity index is 1.96. The maximum Gasteiger partial charge on any atom is 0.154 e. The number of carbonyl (C=O) groups excluding carboxylic acids is 1. The average Bonchev–Trinajstić information content (AvgIpc) is 2.74. The van der Waals surface area contributed by atoms with Crippen molar-refractivity contribution < 1.29 is 4.79 Å². The zero-order valence-corrected chi connectivity index (χ0v) is 9.12. The van der Waals surface area contributed by atoms with E-state index in [0.717, 1.165) is 24.9 Å². The Morgan fingerprint density at radius 2 is 2.13 bits per heavy atom. The van der Waals surface area contributed by atoms with Crippen molar-refractivity contribution in [2.24, 2.45) is 0 Å². The van der Waals surface area contributed by atoms with Gasteiger partial charge in [0.1, 0.15) is 0 Å². The van der Waals surface area contributed by atoms with Gasteiger partial charge in [0.2, 0.25) is 0 Å². The van der Waals surface area contributed by atoms with Crippen molar-refractivity contribution in [2.45, 2.75) is 32.2 Å². The van der Waals surface area contributed by atoms with Crippen LogP contribution in [0, 0.1) is 6.92 Å². The predicted octanol–water partition coefficient (Wildman–Crippen LogP) is 1.86. The Hall–Kier alpha value is -1.15. The number of rotatable bonds is 3. The van der Waals surface area contributed by atoms with E-state index < -0.39 is 0 Å². The minimum atomic E-state index is 0.103. The third-order valence-corrected chi connectivity index (χ3v) is 2.95. The minimum absolute atomic E-state index is 0.103. The number of hydrogen-bond donors (Lipinski definition) is 1. The Kier molecular flexibility index (Phi) is 3.17. The lowest BCUT2D eigenvalue weighted by atomic mass is 10.0. The second kappa shape index (κ2) is 4.58. The number of carbonyl (C=O) groups is 1. The fourth-order valence-corrected chi connectivity index (χ4v) is 1.99. The van der Waals surface area contributed by atoms with Gasteiger partial charge in [0.05, 0.1) is 6.04 Å². The molecule has 1 fully saturated rings.